The molecule has 1 saturated carbocycles. The zero-order valence-corrected chi connectivity index (χ0v) is 9.61. The van der Waals surface area contributed by atoms with E-state index in [0.29, 0.717) is 5.92 Å². The molecule has 0 amide bonds. The molecule has 1 fully saturated rings. The summed E-state index contributed by atoms with van der Waals surface area (Å²) in [4.78, 5) is 28.8. The fourth-order valence-corrected chi connectivity index (χ4v) is 2.36. The number of H-pyrrole nitrogens is 1. The van der Waals surface area contributed by atoms with Gasteiger partial charge in [0, 0.05) is 12.0 Å². The molecule has 0 aliphatic heterocycles. The molecule has 0 aromatic carbocycles. The maximum absolute atomic E-state index is 11.4. The number of aromatic amines is 1. The zero-order chi connectivity index (χ0) is 12.3. The number of hydrogen-bond acceptors (Lipinski definition) is 3. The smallest absolute Gasteiger partial charge is 0.311 e. The number of carbonyl (C=O) groups is 1. The van der Waals surface area contributed by atoms with Crippen LogP contribution >= 0.6 is 0 Å². The van der Waals surface area contributed by atoms with Gasteiger partial charge in [0.15, 0.2) is 0 Å². The molecule has 5 heteroatoms. The Bertz CT molecular complexity index is 461. The van der Waals surface area contributed by atoms with Gasteiger partial charge in [-0.2, -0.15) is 0 Å². The molecule has 1 aliphatic carbocycles. The van der Waals surface area contributed by atoms with Gasteiger partial charge in [0.1, 0.15) is 12.2 Å². The van der Waals surface area contributed by atoms with Crippen LogP contribution < -0.4 is 5.56 Å². The van der Waals surface area contributed by atoms with E-state index in [0.717, 1.165) is 31.4 Å². The quantitative estimate of drug-likeness (QED) is 0.831. The van der Waals surface area contributed by atoms with Crippen molar-refractivity contribution in [3.8, 4) is 0 Å². The van der Waals surface area contributed by atoms with Gasteiger partial charge in [0.2, 0.25) is 0 Å². The summed E-state index contributed by atoms with van der Waals surface area (Å²) < 4.78 is 0. The Morgan fingerprint density at radius 3 is 2.76 bits per heavy atom. The molecule has 92 valence electrons. The second kappa shape index (κ2) is 5.12. The fraction of sp³-hybridized carbons (Fsp3) is 0.583. The van der Waals surface area contributed by atoms with Gasteiger partial charge in [-0.1, -0.05) is 19.3 Å². The lowest BCUT2D eigenvalue weighted by molar-refractivity contribution is -0.136. The minimum atomic E-state index is -0.978. The molecule has 1 heterocycles. The Labute approximate surface area is 98.9 Å². The lowest BCUT2D eigenvalue weighted by atomic mass is 9.87. The summed E-state index contributed by atoms with van der Waals surface area (Å²) in [7, 11) is 0. The van der Waals surface area contributed by atoms with Crippen LogP contribution in [0.1, 0.15) is 49.5 Å². The number of nitrogens with one attached hydrogen (secondary N) is 1. The second-order valence-corrected chi connectivity index (χ2v) is 4.52. The minimum Gasteiger partial charge on any atom is -0.481 e. The highest BCUT2D eigenvalue weighted by Crippen LogP contribution is 2.30. The van der Waals surface area contributed by atoms with Crippen LogP contribution in [0.25, 0.3) is 0 Å². The van der Waals surface area contributed by atoms with Crippen molar-refractivity contribution in [2.24, 2.45) is 0 Å². The molecule has 0 bridgehead atoms. The second-order valence-electron chi connectivity index (χ2n) is 4.52. The van der Waals surface area contributed by atoms with E-state index in [1.54, 1.807) is 0 Å². The molecule has 1 aliphatic rings. The van der Waals surface area contributed by atoms with E-state index in [4.69, 9.17) is 5.11 Å². The van der Waals surface area contributed by atoms with Crippen LogP contribution in [0.4, 0.5) is 0 Å². The van der Waals surface area contributed by atoms with Crippen molar-refractivity contribution in [1.82, 2.24) is 9.97 Å². The van der Waals surface area contributed by atoms with Crippen molar-refractivity contribution in [3.63, 3.8) is 0 Å². The van der Waals surface area contributed by atoms with Crippen molar-refractivity contribution in [1.29, 1.82) is 0 Å². The van der Waals surface area contributed by atoms with Crippen molar-refractivity contribution < 1.29 is 9.90 Å². The number of aromatic nitrogens is 2. The van der Waals surface area contributed by atoms with E-state index in [2.05, 4.69) is 9.97 Å². The highest BCUT2D eigenvalue weighted by molar-refractivity contribution is 5.68. The molecule has 0 atom stereocenters. The third kappa shape index (κ3) is 3.15. The summed E-state index contributed by atoms with van der Waals surface area (Å²) in [6.07, 6.45) is 5.42. The van der Waals surface area contributed by atoms with Crippen LogP contribution in [-0.4, -0.2) is 21.0 Å². The van der Waals surface area contributed by atoms with Gasteiger partial charge in [-0.15, -0.1) is 0 Å². The predicted molar refractivity (Wildman–Crippen MR) is 62.0 cm³/mol. The number of hydrogen-bond donors (Lipinski definition) is 2. The Morgan fingerprint density at radius 2 is 2.12 bits per heavy atom. The van der Waals surface area contributed by atoms with Gasteiger partial charge in [0.05, 0.1) is 5.69 Å². The minimum absolute atomic E-state index is 0.226. The van der Waals surface area contributed by atoms with Crippen LogP contribution in [0.3, 0.4) is 0 Å². The van der Waals surface area contributed by atoms with E-state index >= 15 is 0 Å². The summed E-state index contributed by atoms with van der Waals surface area (Å²) in [6, 6.07) is 1.50. The fourth-order valence-electron chi connectivity index (χ4n) is 2.36. The van der Waals surface area contributed by atoms with Crippen molar-refractivity contribution in [3.05, 3.63) is 27.9 Å². The molecule has 2 rings (SSSR count). The molecule has 0 spiro atoms. The Hall–Kier alpha value is -1.65. The lowest BCUT2D eigenvalue weighted by Gasteiger charge is -2.20. The average molecular weight is 236 g/mol. The molecule has 1 aromatic heterocycles. The first-order valence-electron chi connectivity index (χ1n) is 5.97. The first kappa shape index (κ1) is 11.8. The molecule has 1 aromatic rings. The number of aliphatic carboxylic acids is 1. The summed E-state index contributed by atoms with van der Waals surface area (Å²) >= 11 is 0. The standard InChI is InChI=1S/C12H16N2O3/c15-11-6-9(8-4-2-1-3-5-8)13-10(14-11)7-12(16)17/h6,8H,1-5,7H2,(H,16,17)(H,13,14,15). The maximum atomic E-state index is 11.4. The summed E-state index contributed by atoms with van der Waals surface area (Å²) in [5.74, 6) is -0.405. The number of nitrogens with zero attached hydrogens (tertiary/aromatic N) is 1. The van der Waals surface area contributed by atoms with Crippen LogP contribution in [-0.2, 0) is 11.2 Å². The third-order valence-corrected chi connectivity index (χ3v) is 3.15. The Morgan fingerprint density at radius 1 is 1.41 bits per heavy atom. The number of carboxylic acid groups (broad SMARTS) is 1. The SMILES string of the molecule is O=C(O)Cc1nc(C2CCCCC2)cc(=O)[nH]1. The van der Waals surface area contributed by atoms with Crippen LogP contribution in [0.15, 0.2) is 10.9 Å². The van der Waals surface area contributed by atoms with Gasteiger partial charge in [-0.25, -0.2) is 4.98 Å². The van der Waals surface area contributed by atoms with Crippen LogP contribution in [0, 0.1) is 0 Å². The molecule has 2 N–H and O–H groups in total. The summed E-state index contributed by atoms with van der Waals surface area (Å²) in [6.45, 7) is 0. The van der Waals surface area contributed by atoms with Gasteiger partial charge >= 0.3 is 5.97 Å². The van der Waals surface area contributed by atoms with Gasteiger partial charge in [-0.05, 0) is 12.8 Å². The largest absolute Gasteiger partial charge is 0.481 e. The van der Waals surface area contributed by atoms with Crippen LogP contribution in [0.5, 0.6) is 0 Å². The normalized spacial score (nSPS) is 16.9. The van der Waals surface area contributed by atoms with E-state index < -0.39 is 5.97 Å². The van der Waals surface area contributed by atoms with E-state index in [1.807, 2.05) is 0 Å². The van der Waals surface area contributed by atoms with Gasteiger partial charge < -0.3 is 10.1 Å². The Balaban J connectivity index is 2.24. The van der Waals surface area contributed by atoms with E-state index in [9.17, 15) is 9.59 Å². The molecule has 0 radical (unpaired) electrons. The monoisotopic (exact) mass is 236 g/mol. The van der Waals surface area contributed by atoms with E-state index in [1.165, 1.54) is 12.5 Å². The van der Waals surface area contributed by atoms with E-state index in [-0.39, 0.29) is 17.8 Å². The molecular formula is C12H16N2O3. The predicted octanol–water partition coefficient (Wildman–Crippen LogP) is 1.44. The van der Waals surface area contributed by atoms with Crippen molar-refractivity contribution in [2.45, 2.75) is 44.4 Å². The summed E-state index contributed by atoms with van der Waals surface area (Å²) in [5, 5.41) is 8.70. The first-order chi connectivity index (χ1) is 8.15. The molecule has 17 heavy (non-hydrogen) atoms. The number of carboxylic acids is 1. The molecule has 0 saturated heterocycles. The van der Waals surface area contributed by atoms with Crippen LogP contribution in [0.2, 0.25) is 0 Å². The first-order valence-corrected chi connectivity index (χ1v) is 5.97. The molecule has 5 nitrogen and oxygen atoms in total. The Kier molecular flexibility index (Phi) is 3.56. The maximum Gasteiger partial charge on any atom is 0.311 e. The van der Waals surface area contributed by atoms with Crippen molar-refractivity contribution in [2.75, 3.05) is 0 Å². The van der Waals surface area contributed by atoms with Crippen molar-refractivity contribution >= 4 is 5.97 Å². The summed E-state index contributed by atoms with van der Waals surface area (Å²) in [5.41, 5.74) is 0.501. The topological polar surface area (TPSA) is 83.0 Å². The third-order valence-electron chi connectivity index (χ3n) is 3.15. The average Bonchev–Trinajstić information content (AvgIpc) is 2.28. The highest BCUT2D eigenvalue weighted by Gasteiger charge is 2.18. The zero-order valence-electron chi connectivity index (χ0n) is 9.61. The number of rotatable bonds is 3. The molecular weight excluding hydrogens is 220 g/mol. The molecule has 0 unspecified atom stereocenters. The highest BCUT2D eigenvalue weighted by atomic mass is 16.4. The van der Waals surface area contributed by atoms with Gasteiger partial charge in [-0.3, -0.25) is 9.59 Å². The van der Waals surface area contributed by atoms with Gasteiger partial charge in [0.25, 0.3) is 5.56 Å². The lowest BCUT2D eigenvalue weighted by Crippen LogP contribution is -2.18.